The van der Waals surface area contributed by atoms with E-state index in [2.05, 4.69) is 17.0 Å². The number of carbonyl (C=O) groups excluding carboxylic acids is 1. The number of nitrogens with zero attached hydrogens (tertiary/aromatic N) is 3. The summed E-state index contributed by atoms with van der Waals surface area (Å²) in [6.07, 6.45) is 0. The summed E-state index contributed by atoms with van der Waals surface area (Å²) in [4.78, 5) is 17.3. The largest absolute Gasteiger partial charge is 0.379 e. The molecule has 2 aliphatic heterocycles. The summed E-state index contributed by atoms with van der Waals surface area (Å²) in [5, 5.41) is 0. The summed E-state index contributed by atoms with van der Waals surface area (Å²) in [5.74, 6) is -0.117. The third kappa shape index (κ3) is 4.73. The van der Waals surface area contributed by atoms with Gasteiger partial charge in [-0.2, -0.15) is 4.31 Å². The van der Waals surface area contributed by atoms with Gasteiger partial charge in [-0.25, -0.2) is 8.42 Å². The Bertz CT molecular complexity index is 967. The molecule has 7 nitrogen and oxygen atoms in total. The van der Waals surface area contributed by atoms with E-state index in [9.17, 15) is 13.2 Å². The number of morpholine rings is 1. The maximum Gasteiger partial charge on any atom is 0.253 e. The Labute approximate surface area is 177 Å². The molecule has 0 aromatic heterocycles. The van der Waals surface area contributed by atoms with E-state index in [0.717, 1.165) is 19.6 Å². The fourth-order valence-electron chi connectivity index (χ4n) is 3.86. The van der Waals surface area contributed by atoms with Crippen LogP contribution in [0.25, 0.3) is 0 Å². The van der Waals surface area contributed by atoms with E-state index in [4.69, 9.17) is 4.74 Å². The number of benzene rings is 2. The van der Waals surface area contributed by atoms with Crippen molar-refractivity contribution >= 4 is 15.9 Å². The van der Waals surface area contributed by atoms with Gasteiger partial charge in [0, 0.05) is 51.4 Å². The Hall–Kier alpha value is -2.26. The van der Waals surface area contributed by atoms with Crippen LogP contribution in [0.4, 0.5) is 0 Å². The van der Waals surface area contributed by atoms with E-state index in [1.54, 1.807) is 18.2 Å². The predicted molar refractivity (Wildman–Crippen MR) is 114 cm³/mol. The quantitative estimate of drug-likeness (QED) is 0.723. The molecule has 0 bridgehead atoms. The number of hydrogen-bond acceptors (Lipinski definition) is 5. The van der Waals surface area contributed by atoms with Gasteiger partial charge in [0.1, 0.15) is 0 Å². The van der Waals surface area contributed by atoms with Gasteiger partial charge in [0.25, 0.3) is 5.91 Å². The van der Waals surface area contributed by atoms with Crippen molar-refractivity contribution in [3.05, 3.63) is 65.7 Å². The molecular weight excluding hydrogens is 402 g/mol. The van der Waals surface area contributed by atoms with Crippen molar-refractivity contribution in [1.29, 1.82) is 0 Å². The predicted octanol–water partition coefficient (Wildman–Crippen LogP) is 1.67. The highest BCUT2D eigenvalue weighted by Gasteiger charge is 2.28. The lowest BCUT2D eigenvalue weighted by atomic mass is 10.1. The van der Waals surface area contributed by atoms with Gasteiger partial charge in [0.2, 0.25) is 10.0 Å². The molecule has 160 valence electrons. The van der Waals surface area contributed by atoms with Crippen molar-refractivity contribution in [2.24, 2.45) is 0 Å². The summed E-state index contributed by atoms with van der Waals surface area (Å²) < 4.78 is 32.5. The number of sulfonamides is 1. The third-order valence-electron chi connectivity index (χ3n) is 5.60. The fourth-order valence-corrected chi connectivity index (χ4v) is 5.31. The SMILES string of the molecule is O=C(c1cccc(S(=O)(=O)N2CCOCC2)c1)N1CCN(Cc2ccccc2)CC1. The third-order valence-corrected chi connectivity index (χ3v) is 7.49. The summed E-state index contributed by atoms with van der Waals surface area (Å²) in [7, 11) is -3.62. The molecule has 2 aromatic rings. The molecule has 0 atom stereocenters. The smallest absolute Gasteiger partial charge is 0.253 e. The van der Waals surface area contributed by atoms with Gasteiger partial charge in [0.05, 0.1) is 18.1 Å². The summed E-state index contributed by atoms with van der Waals surface area (Å²) in [6.45, 7) is 5.19. The van der Waals surface area contributed by atoms with Crippen molar-refractivity contribution < 1.29 is 17.9 Å². The first-order valence-corrected chi connectivity index (χ1v) is 11.7. The average molecular weight is 430 g/mol. The van der Waals surface area contributed by atoms with Gasteiger partial charge in [0.15, 0.2) is 0 Å². The second kappa shape index (κ2) is 9.26. The summed E-state index contributed by atoms with van der Waals surface area (Å²) in [5.41, 5.74) is 1.68. The molecule has 0 aliphatic carbocycles. The first kappa shape index (κ1) is 21.0. The second-order valence-corrected chi connectivity index (χ2v) is 9.54. The first-order valence-electron chi connectivity index (χ1n) is 10.3. The van der Waals surface area contributed by atoms with Gasteiger partial charge in [-0.15, -0.1) is 0 Å². The Morgan fingerprint density at radius 1 is 0.867 bits per heavy atom. The topological polar surface area (TPSA) is 70.2 Å². The Kier molecular flexibility index (Phi) is 6.48. The summed E-state index contributed by atoms with van der Waals surface area (Å²) in [6, 6.07) is 16.7. The van der Waals surface area contributed by atoms with Crippen LogP contribution in [0.2, 0.25) is 0 Å². The van der Waals surface area contributed by atoms with Crippen LogP contribution < -0.4 is 0 Å². The molecule has 8 heteroatoms. The molecule has 2 fully saturated rings. The first-order chi connectivity index (χ1) is 14.5. The zero-order chi connectivity index (χ0) is 21.0. The van der Waals surface area contributed by atoms with Gasteiger partial charge >= 0.3 is 0 Å². The van der Waals surface area contributed by atoms with Crippen LogP contribution >= 0.6 is 0 Å². The van der Waals surface area contributed by atoms with E-state index >= 15 is 0 Å². The highest BCUT2D eigenvalue weighted by molar-refractivity contribution is 7.89. The van der Waals surface area contributed by atoms with Crippen LogP contribution in [0.3, 0.4) is 0 Å². The number of ether oxygens (including phenoxy) is 1. The molecule has 1 amide bonds. The molecule has 0 radical (unpaired) electrons. The van der Waals surface area contributed by atoms with E-state index in [0.29, 0.717) is 45.0 Å². The van der Waals surface area contributed by atoms with Crippen molar-refractivity contribution in [2.45, 2.75) is 11.4 Å². The van der Waals surface area contributed by atoms with Crippen LogP contribution in [-0.2, 0) is 21.3 Å². The normalized spacial score (nSPS) is 19.0. The Morgan fingerprint density at radius 3 is 2.27 bits per heavy atom. The minimum atomic E-state index is -3.62. The molecule has 30 heavy (non-hydrogen) atoms. The number of hydrogen-bond donors (Lipinski definition) is 0. The van der Waals surface area contributed by atoms with Gasteiger partial charge in [-0.1, -0.05) is 36.4 Å². The molecule has 2 aliphatic rings. The van der Waals surface area contributed by atoms with Crippen LogP contribution in [-0.4, -0.2) is 80.9 Å². The molecule has 0 N–H and O–H groups in total. The molecule has 0 saturated carbocycles. The molecule has 2 aromatic carbocycles. The van der Waals surface area contributed by atoms with Crippen molar-refractivity contribution in [1.82, 2.24) is 14.1 Å². The van der Waals surface area contributed by atoms with Crippen molar-refractivity contribution in [3.63, 3.8) is 0 Å². The molecule has 4 rings (SSSR count). The molecule has 0 unspecified atom stereocenters. The molecule has 2 heterocycles. The molecular formula is C22H27N3O4S. The number of amides is 1. The Balaban J connectivity index is 1.40. The standard InChI is InChI=1S/C22H27N3O4S/c26-22(24-11-9-23(10-12-24)18-19-5-2-1-3-6-19)20-7-4-8-21(17-20)30(27,28)25-13-15-29-16-14-25/h1-8,17H,9-16,18H2. The van der Waals surface area contributed by atoms with Crippen LogP contribution in [0.1, 0.15) is 15.9 Å². The van der Waals surface area contributed by atoms with Gasteiger partial charge in [-0.05, 0) is 23.8 Å². The van der Waals surface area contributed by atoms with Gasteiger partial charge < -0.3 is 9.64 Å². The zero-order valence-corrected chi connectivity index (χ0v) is 17.8. The lowest BCUT2D eigenvalue weighted by molar-refractivity contribution is 0.0628. The van der Waals surface area contributed by atoms with E-state index in [1.807, 2.05) is 23.1 Å². The molecule has 0 spiro atoms. The number of rotatable bonds is 5. The monoisotopic (exact) mass is 429 g/mol. The van der Waals surface area contributed by atoms with Crippen LogP contribution in [0.5, 0.6) is 0 Å². The number of piperazine rings is 1. The zero-order valence-electron chi connectivity index (χ0n) is 16.9. The van der Waals surface area contributed by atoms with Crippen molar-refractivity contribution in [2.75, 3.05) is 52.5 Å². The highest BCUT2D eigenvalue weighted by Crippen LogP contribution is 2.20. The minimum Gasteiger partial charge on any atom is -0.379 e. The molecule has 2 saturated heterocycles. The van der Waals surface area contributed by atoms with E-state index in [1.165, 1.54) is 15.9 Å². The minimum absolute atomic E-state index is 0.117. The van der Waals surface area contributed by atoms with Gasteiger partial charge in [-0.3, -0.25) is 9.69 Å². The van der Waals surface area contributed by atoms with Crippen molar-refractivity contribution in [3.8, 4) is 0 Å². The highest BCUT2D eigenvalue weighted by atomic mass is 32.2. The number of carbonyl (C=O) groups is 1. The van der Waals surface area contributed by atoms with Crippen LogP contribution in [0.15, 0.2) is 59.5 Å². The second-order valence-electron chi connectivity index (χ2n) is 7.60. The van der Waals surface area contributed by atoms with E-state index < -0.39 is 10.0 Å². The average Bonchev–Trinajstić information content (AvgIpc) is 2.80. The van der Waals surface area contributed by atoms with Crippen LogP contribution in [0, 0.1) is 0 Å². The lowest BCUT2D eigenvalue weighted by Gasteiger charge is -2.35. The van der Waals surface area contributed by atoms with E-state index in [-0.39, 0.29) is 10.8 Å². The maximum atomic E-state index is 13.0. The fraction of sp³-hybridized carbons (Fsp3) is 0.409. The Morgan fingerprint density at radius 2 is 1.57 bits per heavy atom. The summed E-state index contributed by atoms with van der Waals surface area (Å²) >= 11 is 0. The lowest BCUT2D eigenvalue weighted by Crippen LogP contribution is -2.48. The maximum absolute atomic E-state index is 13.0.